The zero-order valence-electron chi connectivity index (χ0n) is 10.4. The number of ether oxygens (including phenoxy) is 1. The van der Waals surface area contributed by atoms with Crippen LogP contribution in [0.4, 0.5) is 0 Å². The molecule has 0 bridgehead atoms. The van der Waals surface area contributed by atoms with Gasteiger partial charge < -0.3 is 0 Å². The molecule has 19 heavy (non-hydrogen) atoms. The first-order valence-corrected chi connectivity index (χ1v) is 8.20. The molecule has 0 heterocycles. The number of carbonyl (C=O) groups excluding carboxylic acids is 1. The SMILES string of the molecule is COc1cccc(C(=O)Cl)c1[Se]Cc1ccccc1. The Kier molecular flexibility index (Phi) is 5.03. The van der Waals surface area contributed by atoms with Crippen LogP contribution in [0.1, 0.15) is 15.9 Å². The van der Waals surface area contributed by atoms with Crippen molar-refractivity contribution < 1.29 is 9.53 Å². The summed E-state index contributed by atoms with van der Waals surface area (Å²) in [6.07, 6.45) is 0. The van der Waals surface area contributed by atoms with E-state index in [2.05, 4.69) is 12.1 Å². The molecular formula is C15H13ClO2Se. The number of hydrogen-bond donors (Lipinski definition) is 0. The molecule has 0 atom stereocenters. The van der Waals surface area contributed by atoms with Gasteiger partial charge in [-0.25, -0.2) is 0 Å². The molecule has 0 radical (unpaired) electrons. The Bertz CT molecular complexity index is 570. The van der Waals surface area contributed by atoms with Gasteiger partial charge in [0.15, 0.2) is 0 Å². The fourth-order valence-corrected chi connectivity index (χ4v) is 4.33. The third-order valence-electron chi connectivity index (χ3n) is 2.64. The van der Waals surface area contributed by atoms with Gasteiger partial charge in [-0.2, -0.15) is 0 Å². The van der Waals surface area contributed by atoms with Gasteiger partial charge in [0.05, 0.1) is 0 Å². The topological polar surface area (TPSA) is 26.3 Å². The zero-order chi connectivity index (χ0) is 13.7. The minimum atomic E-state index is -0.427. The number of benzene rings is 2. The predicted octanol–water partition coefficient (Wildman–Crippen LogP) is 2.60. The Balaban J connectivity index is 2.25. The second-order valence-electron chi connectivity index (χ2n) is 3.88. The van der Waals surface area contributed by atoms with E-state index in [9.17, 15) is 4.79 Å². The summed E-state index contributed by atoms with van der Waals surface area (Å²) < 4.78 is 6.26. The number of methoxy groups -OCH3 is 1. The average Bonchev–Trinajstić information content (AvgIpc) is 2.45. The number of hydrogen-bond acceptors (Lipinski definition) is 2. The van der Waals surface area contributed by atoms with Crippen LogP contribution in [0.3, 0.4) is 0 Å². The van der Waals surface area contributed by atoms with Crippen molar-refractivity contribution in [3.05, 3.63) is 59.7 Å². The summed E-state index contributed by atoms with van der Waals surface area (Å²) in [5.74, 6) is 0.738. The Labute approximate surface area is 123 Å². The standard InChI is InChI=1S/C15H13ClO2Se/c1-18-13-9-5-8-12(15(16)17)14(13)19-10-11-6-3-2-4-7-11/h2-9H,10H2,1H3. The Hall–Kier alpha value is -1.28. The van der Waals surface area contributed by atoms with Crippen molar-refractivity contribution in [2.75, 3.05) is 7.11 Å². The third kappa shape index (κ3) is 3.60. The van der Waals surface area contributed by atoms with Crippen LogP contribution in [0, 0.1) is 0 Å². The molecule has 0 aliphatic rings. The molecule has 2 aromatic carbocycles. The molecule has 98 valence electrons. The second-order valence-corrected chi connectivity index (χ2v) is 6.30. The molecule has 0 amide bonds. The van der Waals surface area contributed by atoms with Gasteiger partial charge in [0.25, 0.3) is 0 Å². The van der Waals surface area contributed by atoms with Crippen molar-refractivity contribution in [2.45, 2.75) is 5.32 Å². The fourth-order valence-electron chi connectivity index (χ4n) is 1.71. The van der Waals surface area contributed by atoms with E-state index < -0.39 is 5.24 Å². The molecule has 0 aliphatic carbocycles. The number of halogens is 1. The molecule has 0 saturated carbocycles. The van der Waals surface area contributed by atoms with Gasteiger partial charge >= 0.3 is 124 Å². The van der Waals surface area contributed by atoms with Crippen molar-refractivity contribution in [2.24, 2.45) is 0 Å². The van der Waals surface area contributed by atoms with Crippen LogP contribution in [0.25, 0.3) is 0 Å². The van der Waals surface area contributed by atoms with Crippen LogP contribution in [-0.2, 0) is 5.32 Å². The molecule has 2 aromatic rings. The zero-order valence-corrected chi connectivity index (χ0v) is 12.9. The first-order valence-electron chi connectivity index (χ1n) is 5.76. The summed E-state index contributed by atoms with van der Waals surface area (Å²) in [7, 11) is 1.61. The molecule has 0 aliphatic heterocycles. The number of rotatable bonds is 5. The van der Waals surface area contributed by atoms with E-state index in [1.165, 1.54) is 5.56 Å². The van der Waals surface area contributed by atoms with Crippen LogP contribution >= 0.6 is 11.6 Å². The maximum atomic E-state index is 11.5. The quantitative estimate of drug-likeness (QED) is 0.618. The molecule has 0 saturated heterocycles. The van der Waals surface area contributed by atoms with Crippen LogP contribution < -0.4 is 9.20 Å². The molecular weight excluding hydrogens is 327 g/mol. The third-order valence-corrected chi connectivity index (χ3v) is 5.33. The molecule has 0 N–H and O–H groups in total. The molecule has 0 aromatic heterocycles. The van der Waals surface area contributed by atoms with Gasteiger partial charge in [-0.1, -0.05) is 0 Å². The molecule has 2 rings (SSSR count). The van der Waals surface area contributed by atoms with Crippen LogP contribution in [-0.4, -0.2) is 27.3 Å². The fraction of sp³-hybridized carbons (Fsp3) is 0.133. The van der Waals surface area contributed by atoms with Crippen molar-refractivity contribution in [1.29, 1.82) is 0 Å². The minimum absolute atomic E-state index is 0.105. The molecule has 0 unspecified atom stereocenters. The average molecular weight is 340 g/mol. The van der Waals surface area contributed by atoms with E-state index in [-0.39, 0.29) is 15.0 Å². The maximum absolute atomic E-state index is 11.5. The van der Waals surface area contributed by atoms with Crippen LogP contribution in [0.15, 0.2) is 48.5 Å². The summed E-state index contributed by atoms with van der Waals surface area (Å²) in [4.78, 5) is 11.5. The van der Waals surface area contributed by atoms with E-state index in [4.69, 9.17) is 16.3 Å². The van der Waals surface area contributed by atoms with Gasteiger partial charge in [-0.05, 0) is 0 Å². The van der Waals surface area contributed by atoms with Crippen molar-refractivity contribution >= 4 is 36.3 Å². The normalized spacial score (nSPS) is 10.2. The second kappa shape index (κ2) is 6.76. The van der Waals surface area contributed by atoms with Gasteiger partial charge in [-0.15, -0.1) is 0 Å². The van der Waals surface area contributed by atoms with Gasteiger partial charge in [0, 0.05) is 0 Å². The molecule has 0 fully saturated rings. The monoisotopic (exact) mass is 340 g/mol. The first kappa shape index (κ1) is 14.1. The van der Waals surface area contributed by atoms with E-state index in [1.54, 1.807) is 19.2 Å². The Morgan fingerprint density at radius 1 is 1.16 bits per heavy atom. The van der Waals surface area contributed by atoms with Crippen LogP contribution in [0.2, 0.25) is 0 Å². The predicted molar refractivity (Wildman–Crippen MR) is 78.7 cm³/mol. The first-order chi connectivity index (χ1) is 9.22. The summed E-state index contributed by atoms with van der Waals surface area (Å²) in [5.41, 5.74) is 1.80. The van der Waals surface area contributed by atoms with Crippen molar-refractivity contribution in [3.8, 4) is 5.75 Å². The van der Waals surface area contributed by atoms with E-state index >= 15 is 0 Å². The van der Waals surface area contributed by atoms with Crippen LogP contribution in [0.5, 0.6) is 5.75 Å². The molecule has 4 heteroatoms. The number of carbonyl (C=O) groups is 1. The summed E-state index contributed by atoms with van der Waals surface area (Å²) in [5, 5.41) is 0.481. The van der Waals surface area contributed by atoms with Gasteiger partial charge in [-0.3, -0.25) is 0 Å². The Morgan fingerprint density at radius 3 is 2.53 bits per heavy atom. The Morgan fingerprint density at radius 2 is 1.89 bits per heavy atom. The summed E-state index contributed by atoms with van der Waals surface area (Å²) in [6, 6.07) is 15.6. The van der Waals surface area contributed by atoms with E-state index in [1.807, 2.05) is 24.3 Å². The van der Waals surface area contributed by atoms with Crippen molar-refractivity contribution in [3.63, 3.8) is 0 Å². The summed E-state index contributed by atoms with van der Waals surface area (Å²) in [6.45, 7) is 0. The molecule has 2 nitrogen and oxygen atoms in total. The molecule has 0 spiro atoms. The van der Waals surface area contributed by atoms with Gasteiger partial charge in [0.1, 0.15) is 0 Å². The van der Waals surface area contributed by atoms with E-state index in [0.29, 0.717) is 5.56 Å². The summed E-state index contributed by atoms with van der Waals surface area (Å²) >= 11 is 5.74. The van der Waals surface area contributed by atoms with E-state index in [0.717, 1.165) is 15.5 Å². The van der Waals surface area contributed by atoms with Crippen molar-refractivity contribution in [1.82, 2.24) is 0 Å². The van der Waals surface area contributed by atoms with Gasteiger partial charge in [0.2, 0.25) is 0 Å².